The average Bonchev–Trinajstić information content (AvgIpc) is 2.98. The second-order valence-electron chi connectivity index (χ2n) is 4.25. The van der Waals surface area contributed by atoms with Gasteiger partial charge in [0.2, 0.25) is 0 Å². The molecule has 0 N–H and O–H groups in total. The highest BCUT2D eigenvalue weighted by Crippen LogP contribution is 2.37. The molecule has 1 saturated heterocycles. The Bertz CT molecular complexity index is 759. The number of pyridine rings is 1. The molecule has 2 aromatic heterocycles. The van der Waals surface area contributed by atoms with Gasteiger partial charge in [-0.05, 0) is 22.9 Å². The molecule has 0 radical (unpaired) electrons. The standard InChI is InChI=1S/C10H9N5O4S/c16-20(17)18-14-6-5-13-10(15(14)19-20)9(7-12-13)8-1-3-11-4-2-8/h1-4,7H,5-6H2. The molecular weight excluding hydrogens is 286 g/mol. The number of anilines is 1. The van der Waals surface area contributed by atoms with Crippen LogP contribution in [0.15, 0.2) is 30.7 Å². The number of hydrogen-bond donors (Lipinski definition) is 0. The van der Waals surface area contributed by atoms with Crippen molar-refractivity contribution in [1.82, 2.24) is 19.9 Å². The minimum absolute atomic E-state index is 0.323. The van der Waals surface area contributed by atoms with E-state index >= 15 is 0 Å². The van der Waals surface area contributed by atoms with E-state index in [2.05, 4.69) is 10.1 Å². The zero-order valence-electron chi connectivity index (χ0n) is 10.1. The Morgan fingerprint density at radius 1 is 1.15 bits per heavy atom. The zero-order valence-corrected chi connectivity index (χ0v) is 10.9. The molecule has 2 aliphatic rings. The molecule has 9 nitrogen and oxygen atoms in total. The highest BCUT2D eigenvalue weighted by molar-refractivity contribution is 7.82. The van der Waals surface area contributed by atoms with Crippen LogP contribution in [0.5, 0.6) is 0 Å². The lowest BCUT2D eigenvalue weighted by Crippen LogP contribution is -2.43. The van der Waals surface area contributed by atoms with E-state index < -0.39 is 10.4 Å². The Hall–Kier alpha value is -2.01. The summed E-state index contributed by atoms with van der Waals surface area (Å²) in [6, 6.07) is 3.62. The quantitative estimate of drug-likeness (QED) is 0.732. The van der Waals surface area contributed by atoms with Gasteiger partial charge in [-0.2, -0.15) is 13.5 Å². The van der Waals surface area contributed by atoms with E-state index in [1.807, 2.05) is 12.1 Å². The van der Waals surface area contributed by atoms with Gasteiger partial charge < -0.3 is 0 Å². The lowest BCUT2D eigenvalue weighted by Gasteiger charge is -2.28. The number of fused-ring (bicyclic) bond motifs is 3. The van der Waals surface area contributed by atoms with Gasteiger partial charge in [0.25, 0.3) is 0 Å². The fourth-order valence-corrected chi connectivity index (χ4v) is 2.89. The first-order valence-electron chi connectivity index (χ1n) is 5.82. The first-order valence-corrected chi connectivity index (χ1v) is 7.15. The summed E-state index contributed by atoms with van der Waals surface area (Å²) >= 11 is 0. The summed E-state index contributed by atoms with van der Waals surface area (Å²) in [5.74, 6) is 0.503. The maximum absolute atomic E-state index is 11.4. The molecule has 0 unspecified atom stereocenters. The first-order chi connectivity index (χ1) is 9.64. The van der Waals surface area contributed by atoms with E-state index in [0.29, 0.717) is 18.9 Å². The Morgan fingerprint density at radius 2 is 1.95 bits per heavy atom. The van der Waals surface area contributed by atoms with Crippen LogP contribution in [0.1, 0.15) is 0 Å². The molecule has 0 aliphatic carbocycles. The molecule has 0 atom stereocenters. The zero-order chi connectivity index (χ0) is 13.7. The summed E-state index contributed by atoms with van der Waals surface area (Å²) in [4.78, 5) is 3.95. The molecule has 104 valence electrons. The highest BCUT2D eigenvalue weighted by Gasteiger charge is 2.43. The van der Waals surface area contributed by atoms with Gasteiger partial charge in [0, 0.05) is 18.0 Å². The van der Waals surface area contributed by atoms with Crippen LogP contribution in [-0.2, 0) is 25.5 Å². The van der Waals surface area contributed by atoms with Crippen molar-refractivity contribution in [3.8, 4) is 11.1 Å². The molecule has 0 aromatic carbocycles. The van der Waals surface area contributed by atoms with E-state index in [9.17, 15) is 8.42 Å². The van der Waals surface area contributed by atoms with Crippen LogP contribution in [0.4, 0.5) is 5.82 Å². The summed E-state index contributed by atoms with van der Waals surface area (Å²) < 4.78 is 34.0. The van der Waals surface area contributed by atoms with Gasteiger partial charge in [0.15, 0.2) is 5.82 Å². The Balaban J connectivity index is 1.85. The number of hydrazine groups is 1. The summed E-state index contributed by atoms with van der Waals surface area (Å²) in [6.45, 7) is 0.819. The van der Waals surface area contributed by atoms with Crippen molar-refractivity contribution < 1.29 is 17.0 Å². The van der Waals surface area contributed by atoms with Gasteiger partial charge in [-0.3, -0.25) is 4.98 Å². The third-order valence-electron chi connectivity index (χ3n) is 3.03. The third kappa shape index (κ3) is 1.70. The molecule has 4 heterocycles. The summed E-state index contributed by atoms with van der Waals surface area (Å²) in [5.41, 5.74) is 1.59. The Kier molecular flexibility index (Phi) is 2.35. The first kappa shape index (κ1) is 11.8. The predicted molar refractivity (Wildman–Crippen MR) is 65.7 cm³/mol. The maximum Gasteiger partial charge on any atom is 0.440 e. The molecule has 1 fully saturated rings. The predicted octanol–water partition coefficient (Wildman–Crippen LogP) is 0.104. The van der Waals surface area contributed by atoms with Crippen LogP contribution in [0, 0.1) is 0 Å². The van der Waals surface area contributed by atoms with Gasteiger partial charge in [0.05, 0.1) is 19.3 Å². The smallest absolute Gasteiger partial charge is 0.265 e. The minimum Gasteiger partial charge on any atom is -0.265 e. The Labute approximate surface area is 114 Å². The van der Waals surface area contributed by atoms with Gasteiger partial charge in [0.1, 0.15) is 0 Å². The van der Waals surface area contributed by atoms with Crippen molar-refractivity contribution in [1.29, 1.82) is 0 Å². The molecule has 0 amide bonds. The van der Waals surface area contributed by atoms with Crippen molar-refractivity contribution in [2.45, 2.75) is 6.54 Å². The largest absolute Gasteiger partial charge is 0.440 e. The lowest BCUT2D eigenvalue weighted by molar-refractivity contribution is -0.0772. The van der Waals surface area contributed by atoms with Gasteiger partial charge >= 0.3 is 10.4 Å². The second-order valence-corrected chi connectivity index (χ2v) is 5.36. The van der Waals surface area contributed by atoms with Crippen molar-refractivity contribution in [2.75, 3.05) is 11.7 Å². The van der Waals surface area contributed by atoms with Gasteiger partial charge in [-0.25, -0.2) is 4.68 Å². The second kappa shape index (κ2) is 3.99. The molecule has 0 saturated carbocycles. The van der Waals surface area contributed by atoms with Gasteiger partial charge in [-0.15, -0.1) is 13.7 Å². The summed E-state index contributed by atoms with van der Waals surface area (Å²) in [5, 5.41) is 6.49. The monoisotopic (exact) mass is 295 g/mol. The number of hydrogen-bond acceptors (Lipinski definition) is 8. The third-order valence-corrected chi connectivity index (χ3v) is 3.71. The van der Waals surface area contributed by atoms with Crippen molar-refractivity contribution in [2.24, 2.45) is 0 Å². The number of rotatable bonds is 1. The molecule has 0 spiro atoms. The molecule has 4 rings (SSSR count). The lowest BCUT2D eigenvalue weighted by atomic mass is 10.1. The topological polar surface area (TPSA) is 89.8 Å². The number of aromatic nitrogens is 3. The molecular formula is C10H9N5O4S. The van der Waals surface area contributed by atoms with Crippen LogP contribution < -0.4 is 5.17 Å². The molecule has 2 aromatic rings. The number of hydroxylamine groups is 1. The van der Waals surface area contributed by atoms with E-state index in [0.717, 1.165) is 21.5 Å². The highest BCUT2D eigenvalue weighted by atomic mass is 32.3. The maximum atomic E-state index is 11.4. The van der Waals surface area contributed by atoms with Gasteiger partial charge in [-0.1, -0.05) is 0 Å². The Morgan fingerprint density at radius 3 is 2.75 bits per heavy atom. The summed E-state index contributed by atoms with van der Waals surface area (Å²) in [6.07, 6.45) is 4.96. The van der Waals surface area contributed by atoms with E-state index in [4.69, 9.17) is 8.57 Å². The van der Waals surface area contributed by atoms with Crippen LogP contribution >= 0.6 is 0 Å². The normalized spacial score (nSPS) is 20.7. The van der Waals surface area contributed by atoms with Crippen LogP contribution in [0.25, 0.3) is 11.1 Å². The fourth-order valence-electron chi connectivity index (χ4n) is 2.20. The fraction of sp³-hybridized carbons (Fsp3) is 0.200. The average molecular weight is 295 g/mol. The molecule has 2 aliphatic heterocycles. The minimum atomic E-state index is -4.05. The van der Waals surface area contributed by atoms with Crippen molar-refractivity contribution in [3.63, 3.8) is 0 Å². The van der Waals surface area contributed by atoms with E-state index in [1.165, 1.54) is 0 Å². The molecule has 20 heavy (non-hydrogen) atoms. The summed E-state index contributed by atoms with van der Waals surface area (Å²) in [7, 11) is -4.05. The van der Waals surface area contributed by atoms with E-state index in [-0.39, 0.29) is 0 Å². The van der Waals surface area contributed by atoms with Crippen LogP contribution in [0.2, 0.25) is 0 Å². The SMILES string of the molecule is O=S1(=O)ON2CCn3ncc(-c4ccncc4)c3N2O1. The van der Waals surface area contributed by atoms with Crippen molar-refractivity contribution >= 4 is 16.2 Å². The molecule has 10 heteroatoms. The molecule has 0 bridgehead atoms. The van der Waals surface area contributed by atoms with Crippen LogP contribution in [0.3, 0.4) is 0 Å². The van der Waals surface area contributed by atoms with Crippen molar-refractivity contribution in [3.05, 3.63) is 30.7 Å². The van der Waals surface area contributed by atoms with E-state index in [1.54, 1.807) is 23.3 Å². The number of nitrogens with zero attached hydrogens (tertiary/aromatic N) is 5. The van der Waals surface area contributed by atoms with Crippen LogP contribution in [-0.4, -0.2) is 34.9 Å².